The first-order valence-corrected chi connectivity index (χ1v) is 10.7. The summed E-state index contributed by atoms with van der Waals surface area (Å²) in [5, 5.41) is 0. The van der Waals surface area contributed by atoms with Gasteiger partial charge in [-0.2, -0.15) is 0 Å². The van der Waals surface area contributed by atoms with Crippen LogP contribution in [0.2, 0.25) is 0 Å². The van der Waals surface area contributed by atoms with Gasteiger partial charge >= 0.3 is 0 Å². The van der Waals surface area contributed by atoms with Gasteiger partial charge in [-0.1, -0.05) is 20.8 Å². The molecular formula is C12H17BrClNO4S2. The van der Waals surface area contributed by atoms with E-state index < -0.39 is 24.5 Å². The molecule has 1 aromatic rings. The molecule has 0 atom stereocenters. The lowest BCUT2D eigenvalue weighted by atomic mass is 10.0. The van der Waals surface area contributed by atoms with E-state index in [2.05, 4.69) is 20.7 Å². The number of sulfonamides is 1. The van der Waals surface area contributed by atoms with E-state index in [1.807, 2.05) is 20.8 Å². The average molecular weight is 419 g/mol. The smallest absolute Gasteiger partial charge is 0.261 e. The second-order valence-electron chi connectivity index (χ2n) is 5.96. The summed E-state index contributed by atoms with van der Waals surface area (Å²) in [6.07, 6.45) is 0. The molecule has 0 aliphatic carbocycles. The van der Waals surface area contributed by atoms with Crippen LogP contribution in [0.4, 0.5) is 5.69 Å². The van der Waals surface area contributed by atoms with Crippen LogP contribution in [-0.2, 0) is 19.1 Å². The van der Waals surface area contributed by atoms with Gasteiger partial charge in [-0.3, -0.25) is 4.72 Å². The Bertz CT molecular complexity index is 752. The first-order chi connectivity index (χ1) is 9.21. The van der Waals surface area contributed by atoms with Gasteiger partial charge in [-0.25, -0.2) is 16.8 Å². The van der Waals surface area contributed by atoms with Crippen LogP contribution in [0.15, 0.2) is 21.5 Å². The molecule has 0 unspecified atom stereocenters. The van der Waals surface area contributed by atoms with Gasteiger partial charge in [0, 0.05) is 15.2 Å². The molecule has 1 rings (SSSR count). The van der Waals surface area contributed by atoms with Crippen molar-refractivity contribution in [1.29, 1.82) is 0 Å². The molecule has 0 aliphatic rings. The minimum Gasteiger partial charge on any atom is -0.282 e. The SMILES string of the molecule is Cc1cc(NS(=O)(=O)CC(C)(C)C)c(Br)cc1S(=O)(=O)Cl. The molecule has 5 nitrogen and oxygen atoms in total. The topological polar surface area (TPSA) is 80.3 Å². The van der Waals surface area contributed by atoms with Crippen LogP contribution in [0.5, 0.6) is 0 Å². The van der Waals surface area contributed by atoms with Crippen molar-refractivity contribution in [3.05, 3.63) is 22.2 Å². The largest absolute Gasteiger partial charge is 0.282 e. The Labute approximate surface area is 138 Å². The van der Waals surface area contributed by atoms with Crippen LogP contribution < -0.4 is 4.72 Å². The maximum absolute atomic E-state index is 12.1. The van der Waals surface area contributed by atoms with Crippen molar-refractivity contribution >= 4 is 51.4 Å². The van der Waals surface area contributed by atoms with E-state index in [0.717, 1.165) is 0 Å². The van der Waals surface area contributed by atoms with Crippen LogP contribution in [0, 0.1) is 12.3 Å². The molecule has 21 heavy (non-hydrogen) atoms. The standard InChI is InChI=1S/C12H17BrClNO4S2/c1-8-5-10(9(13)6-11(8)21(14,18)19)15-20(16,17)7-12(2,3)4/h5-6,15H,7H2,1-4H3. The lowest BCUT2D eigenvalue weighted by molar-refractivity contribution is 0.463. The minimum absolute atomic E-state index is 0.0545. The van der Waals surface area contributed by atoms with Gasteiger partial charge < -0.3 is 0 Å². The Morgan fingerprint density at radius 1 is 1.19 bits per heavy atom. The fourth-order valence-corrected chi connectivity index (χ4v) is 5.42. The number of aryl methyl sites for hydroxylation is 1. The average Bonchev–Trinajstić information content (AvgIpc) is 2.16. The van der Waals surface area contributed by atoms with Crippen LogP contribution in [0.25, 0.3) is 0 Å². The molecular weight excluding hydrogens is 402 g/mol. The molecule has 1 aromatic carbocycles. The van der Waals surface area contributed by atoms with E-state index in [4.69, 9.17) is 10.7 Å². The normalized spacial score (nSPS) is 13.2. The molecule has 0 spiro atoms. The summed E-state index contributed by atoms with van der Waals surface area (Å²) in [6, 6.07) is 2.71. The zero-order chi connectivity index (χ0) is 16.6. The van der Waals surface area contributed by atoms with E-state index in [-0.39, 0.29) is 16.3 Å². The van der Waals surface area contributed by atoms with Crippen molar-refractivity contribution in [2.24, 2.45) is 5.41 Å². The fourth-order valence-electron chi connectivity index (χ4n) is 1.78. The van der Waals surface area contributed by atoms with Crippen molar-refractivity contribution in [1.82, 2.24) is 0 Å². The first-order valence-electron chi connectivity index (χ1n) is 5.97. The van der Waals surface area contributed by atoms with E-state index in [1.165, 1.54) is 12.1 Å². The minimum atomic E-state index is -3.88. The maximum atomic E-state index is 12.1. The summed E-state index contributed by atoms with van der Waals surface area (Å²) in [6.45, 7) is 6.99. The maximum Gasteiger partial charge on any atom is 0.261 e. The monoisotopic (exact) mass is 417 g/mol. The lowest BCUT2D eigenvalue weighted by Crippen LogP contribution is -2.26. The summed E-state index contributed by atoms with van der Waals surface area (Å²) in [5.41, 5.74) is 0.245. The van der Waals surface area contributed by atoms with Gasteiger partial charge in [0.2, 0.25) is 10.0 Å². The third kappa shape index (κ3) is 5.77. The van der Waals surface area contributed by atoms with Gasteiger partial charge in [0.1, 0.15) is 0 Å². The molecule has 0 amide bonds. The quantitative estimate of drug-likeness (QED) is 0.759. The van der Waals surface area contributed by atoms with Crippen LogP contribution in [-0.4, -0.2) is 22.6 Å². The second-order valence-corrected chi connectivity index (χ2v) is 11.1. The second kappa shape index (κ2) is 6.06. The Morgan fingerprint density at radius 2 is 1.71 bits per heavy atom. The molecule has 0 bridgehead atoms. The highest BCUT2D eigenvalue weighted by molar-refractivity contribution is 9.10. The van der Waals surface area contributed by atoms with Crippen LogP contribution >= 0.6 is 26.6 Å². The molecule has 1 N–H and O–H groups in total. The fraction of sp³-hybridized carbons (Fsp3) is 0.500. The van der Waals surface area contributed by atoms with E-state index in [1.54, 1.807) is 6.92 Å². The number of halogens is 2. The highest BCUT2D eigenvalue weighted by atomic mass is 79.9. The Kier molecular flexibility index (Phi) is 5.41. The Balaban J connectivity index is 3.21. The van der Waals surface area contributed by atoms with Crippen molar-refractivity contribution in [2.45, 2.75) is 32.6 Å². The Hall–Kier alpha value is -0.310. The third-order valence-corrected chi connectivity index (χ3v) is 6.31. The van der Waals surface area contributed by atoms with E-state index in [0.29, 0.717) is 10.0 Å². The number of hydrogen-bond acceptors (Lipinski definition) is 4. The third-order valence-electron chi connectivity index (χ3n) is 2.42. The molecule has 0 saturated carbocycles. The number of hydrogen-bond donors (Lipinski definition) is 1. The highest BCUT2D eigenvalue weighted by Crippen LogP contribution is 2.31. The van der Waals surface area contributed by atoms with Crippen molar-refractivity contribution in [3.8, 4) is 0 Å². The highest BCUT2D eigenvalue weighted by Gasteiger charge is 2.23. The Morgan fingerprint density at radius 3 is 2.14 bits per heavy atom. The summed E-state index contributed by atoms with van der Waals surface area (Å²) in [5.74, 6) is -0.0545. The number of anilines is 1. The number of rotatable bonds is 4. The first kappa shape index (κ1) is 18.7. The number of nitrogens with one attached hydrogen (secondary N) is 1. The van der Waals surface area contributed by atoms with Crippen LogP contribution in [0.3, 0.4) is 0 Å². The molecule has 9 heteroatoms. The number of benzene rings is 1. The van der Waals surface area contributed by atoms with Crippen molar-refractivity contribution < 1.29 is 16.8 Å². The van der Waals surface area contributed by atoms with Gasteiger partial charge in [0.15, 0.2) is 0 Å². The lowest BCUT2D eigenvalue weighted by Gasteiger charge is -2.19. The molecule has 0 saturated heterocycles. The van der Waals surface area contributed by atoms with Crippen molar-refractivity contribution in [3.63, 3.8) is 0 Å². The zero-order valence-electron chi connectivity index (χ0n) is 12.1. The van der Waals surface area contributed by atoms with Gasteiger partial charge in [-0.05, 0) is 46.0 Å². The molecule has 120 valence electrons. The van der Waals surface area contributed by atoms with Gasteiger partial charge in [0.05, 0.1) is 16.3 Å². The van der Waals surface area contributed by atoms with Gasteiger partial charge in [-0.15, -0.1) is 0 Å². The van der Waals surface area contributed by atoms with Crippen LogP contribution in [0.1, 0.15) is 26.3 Å². The zero-order valence-corrected chi connectivity index (χ0v) is 16.0. The van der Waals surface area contributed by atoms with Gasteiger partial charge in [0.25, 0.3) is 9.05 Å². The molecule has 0 fully saturated rings. The predicted octanol–water partition coefficient (Wildman–Crippen LogP) is 3.47. The summed E-state index contributed by atoms with van der Waals surface area (Å²) in [4.78, 5) is -0.0604. The molecule has 0 aliphatic heterocycles. The summed E-state index contributed by atoms with van der Waals surface area (Å²) >= 11 is 3.16. The predicted molar refractivity (Wildman–Crippen MR) is 88.8 cm³/mol. The molecule has 0 heterocycles. The summed E-state index contributed by atoms with van der Waals surface area (Å²) < 4.78 is 49.7. The van der Waals surface area contributed by atoms with E-state index >= 15 is 0 Å². The van der Waals surface area contributed by atoms with E-state index in [9.17, 15) is 16.8 Å². The summed E-state index contributed by atoms with van der Waals surface area (Å²) in [7, 11) is -2.10. The molecule has 0 aromatic heterocycles. The van der Waals surface area contributed by atoms with Crippen molar-refractivity contribution in [2.75, 3.05) is 10.5 Å². The molecule has 0 radical (unpaired) electrons.